The molecular formula is C28H22F2N8O. The molecule has 11 heteroatoms. The van der Waals surface area contributed by atoms with Crippen LogP contribution in [0.4, 0.5) is 14.5 Å². The first-order chi connectivity index (χ1) is 18.7. The Balaban J connectivity index is 1.43. The monoisotopic (exact) mass is 524 g/mol. The summed E-state index contributed by atoms with van der Waals surface area (Å²) in [4.78, 5) is 33.0. The summed E-state index contributed by atoms with van der Waals surface area (Å²) in [6, 6.07) is 7.65. The van der Waals surface area contributed by atoms with Gasteiger partial charge in [0.15, 0.2) is 11.6 Å². The summed E-state index contributed by atoms with van der Waals surface area (Å²) in [6.07, 6.45) is 7.71. The van der Waals surface area contributed by atoms with Gasteiger partial charge in [0.1, 0.15) is 17.2 Å². The number of aromatic amines is 2. The average molecular weight is 525 g/mol. The standard InChI is InChI=1S/C28H22F2N8O/c1-28(2,3)27(39)34-17-8-15(9-31-10-17)23-22(30)21-19(13-33-23)37-38-25(21)26-35-20-12-32-11-18(24(20)36-26)14-4-6-16(29)7-5-14/h4-13H,1-3H3,(H,34,39)(H,35,36)(H,37,38). The Morgan fingerprint density at radius 1 is 0.897 bits per heavy atom. The van der Waals surface area contributed by atoms with Crippen LogP contribution in [0.1, 0.15) is 20.8 Å². The predicted octanol–water partition coefficient (Wildman–Crippen LogP) is 5.89. The van der Waals surface area contributed by atoms with E-state index >= 15 is 4.39 Å². The molecule has 0 unspecified atom stereocenters. The second kappa shape index (κ2) is 9.05. The number of aromatic nitrogens is 7. The van der Waals surface area contributed by atoms with Gasteiger partial charge in [0.25, 0.3) is 0 Å². The van der Waals surface area contributed by atoms with Gasteiger partial charge in [0.05, 0.1) is 46.2 Å². The van der Waals surface area contributed by atoms with E-state index in [1.54, 1.807) is 51.4 Å². The Hall–Kier alpha value is -5.06. The van der Waals surface area contributed by atoms with Crippen molar-refractivity contribution in [2.75, 3.05) is 5.32 Å². The van der Waals surface area contributed by atoms with Crippen molar-refractivity contribution >= 4 is 33.5 Å². The molecule has 0 saturated carbocycles. The van der Waals surface area contributed by atoms with Gasteiger partial charge in [-0.1, -0.05) is 32.9 Å². The highest BCUT2D eigenvalue weighted by molar-refractivity contribution is 5.98. The van der Waals surface area contributed by atoms with Crippen molar-refractivity contribution in [3.05, 3.63) is 73.0 Å². The summed E-state index contributed by atoms with van der Waals surface area (Å²) in [7, 11) is 0. The number of amides is 1. The first kappa shape index (κ1) is 24.3. The van der Waals surface area contributed by atoms with Crippen LogP contribution in [-0.2, 0) is 4.79 Å². The number of nitrogens with zero attached hydrogens (tertiary/aromatic N) is 5. The van der Waals surface area contributed by atoms with Gasteiger partial charge in [-0.25, -0.2) is 13.8 Å². The third-order valence-corrected chi connectivity index (χ3v) is 6.27. The highest BCUT2D eigenvalue weighted by Crippen LogP contribution is 2.34. The lowest BCUT2D eigenvalue weighted by molar-refractivity contribution is -0.123. The lowest BCUT2D eigenvalue weighted by Crippen LogP contribution is -2.27. The van der Waals surface area contributed by atoms with E-state index in [0.29, 0.717) is 39.2 Å². The first-order valence-corrected chi connectivity index (χ1v) is 12.1. The average Bonchev–Trinajstić information content (AvgIpc) is 3.54. The number of fused-ring (bicyclic) bond motifs is 2. The molecule has 39 heavy (non-hydrogen) atoms. The van der Waals surface area contributed by atoms with Crippen LogP contribution in [-0.4, -0.2) is 41.0 Å². The molecule has 6 aromatic rings. The van der Waals surface area contributed by atoms with E-state index < -0.39 is 11.2 Å². The second-order valence-corrected chi connectivity index (χ2v) is 10.1. The van der Waals surface area contributed by atoms with Crippen molar-refractivity contribution in [1.82, 2.24) is 35.1 Å². The number of pyridine rings is 3. The van der Waals surface area contributed by atoms with Crippen LogP contribution in [0.25, 0.3) is 55.8 Å². The molecule has 6 rings (SSSR count). The SMILES string of the molecule is CC(C)(C)C(=O)Nc1cncc(-c2ncc3[nH]nc(-c4nc5c(-c6ccc(F)cc6)cncc5[nH]4)c3c2F)c1. The zero-order valence-corrected chi connectivity index (χ0v) is 21.2. The van der Waals surface area contributed by atoms with E-state index in [-0.39, 0.29) is 28.5 Å². The number of halogens is 2. The molecule has 0 aliphatic heterocycles. The zero-order valence-electron chi connectivity index (χ0n) is 21.2. The first-order valence-electron chi connectivity index (χ1n) is 12.1. The number of carbonyl (C=O) groups excluding carboxylic acids is 1. The minimum Gasteiger partial charge on any atom is -0.335 e. The Morgan fingerprint density at radius 3 is 2.44 bits per heavy atom. The molecule has 0 radical (unpaired) electrons. The fourth-order valence-electron chi connectivity index (χ4n) is 4.19. The van der Waals surface area contributed by atoms with E-state index in [0.717, 1.165) is 5.56 Å². The Morgan fingerprint density at radius 2 is 1.67 bits per heavy atom. The van der Waals surface area contributed by atoms with E-state index in [1.807, 2.05) is 0 Å². The number of carbonyl (C=O) groups is 1. The van der Waals surface area contributed by atoms with E-state index in [9.17, 15) is 9.18 Å². The summed E-state index contributed by atoms with van der Waals surface area (Å²) in [5, 5.41) is 10.1. The van der Waals surface area contributed by atoms with Crippen molar-refractivity contribution in [2.24, 2.45) is 5.41 Å². The summed E-state index contributed by atoms with van der Waals surface area (Å²) in [5.41, 5.74) is 3.54. The number of anilines is 1. The van der Waals surface area contributed by atoms with Gasteiger partial charge in [-0.2, -0.15) is 5.10 Å². The van der Waals surface area contributed by atoms with Crippen LogP contribution < -0.4 is 5.32 Å². The molecule has 0 aliphatic carbocycles. The highest BCUT2D eigenvalue weighted by Gasteiger charge is 2.23. The number of nitrogens with one attached hydrogen (secondary N) is 3. The van der Waals surface area contributed by atoms with Gasteiger partial charge in [-0.15, -0.1) is 0 Å². The van der Waals surface area contributed by atoms with Crippen LogP contribution in [0.2, 0.25) is 0 Å². The maximum absolute atomic E-state index is 16.0. The number of benzene rings is 1. The second-order valence-electron chi connectivity index (χ2n) is 10.1. The minimum atomic E-state index is -0.616. The smallest absolute Gasteiger partial charge is 0.229 e. The van der Waals surface area contributed by atoms with Crippen LogP contribution in [0.15, 0.2) is 61.3 Å². The maximum atomic E-state index is 16.0. The molecule has 5 aromatic heterocycles. The van der Waals surface area contributed by atoms with Crippen LogP contribution in [0.5, 0.6) is 0 Å². The third-order valence-electron chi connectivity index (χ3n) is 6.27. The van der Waals surface area contributed by atoms with Gasteiger partial charge in [0.2, 0.25) is 5.91 Å². The van der Waals surface area contributed by atoms with Crippen molar-refractivity contribution in [3.63, 3.8) is 0 Å². The number of rotatable bonds is 4. The summed E-state index contributed by atoms with van der Waals surface area (Å²) < 4.78 is 29.5. The number of hydrogen-bond acceptors (Lipinski definition) is 6. The van der Waals surface area contributed by atoms with Gasteiger partial charge < -0.3 is 10.3 Å². The predicted molar refractivity (Wildman–Crippen MR) is 143 cm³/mol. The van der Waals surface area contributed by atoms with E-state index in [2.05, 4.69) is 35.5 Å². The van der Waals surface area contributed by atoms with Crippen molar-refractivity contribution in [3.8, 4) is 33.9 Å². The van der Waals surface area contributed by atoms with Gasteiger partial charge >= 0.3 is 0 Å². The summed E-state index contributed by atoms with van der Waals surface area (Å²) in [5.74, 6) is -0.827. The fraction of sp³-hybridized carbons (Fsp3) is 0.143. The van der Waals surface area contributed by atoms with Crippen LogP contribution in [0, 0.1) is 17.0 Å². The zero-order chi connectivity index (χ0) is 27.3. The number of imidazole rings is 1. The lowest BCUT2D eigenvalue weighted by Gasteiger charge is -2.17. The molecule has 0 spiro atoms. The maximum Gasteiger partial charge on any atom is 0.229 e. The molecule has 0 atom stereocenters. The lowest BCUT2D eigenvalue weighted by atomic mass is 9.95. The molecule has 0 aliphatic rings. The molecule has 0 fully saturated rings. The normalized spacial score (nSPS) is 11.8. The molecule has 1 amide bonds. The van der Waals surface area contributed by atoms with Crippen LogP contribution >= 0.6 is 0 Å². The van der Waals surface area contributed by atoms with Crippen molar-refractivity contribution in [1.29, 1.82) is 0 Å². The third kappa shape index (κ3) is 4.37. The molecule has 9 nitrogen and oxygen atoms in total. The summed E-state index contributed by atoms with van der Waals surface area (Å²) >= 11 is 0. The van der Waals surface area contributed by atoms with Gasteiger partial charge in [-0.3, -0.25) is 24.8 Å². The topological polar surface area (TPSA) is 125 Å². The van der Waals surface area contributed by atoms with Gasteiger partial charge in [-0.05, 0) is 23.8 Å². The Bertz CT molecular complexity index is 1870. The Labute approximate surface area is 220 Å². The molecule has 3 N–H and O–H groups in total. The molecule has 0 saturated heterocycles. The van der Waals surface area contributed by atoms with E-state index in [4.69, 9.17) is 4.98 Å². The molecule has 0 bridgehead atoms. The van der Waals surface area contributed by atoms with Gasteiger partial charge in [0, 0.05) is 28.9 Å². The summed E-state index contributed by atoms with van der Waals surface area (Å²) in [6.45, 7) is 5.39. The highest BCUT2D eigenvalue weighted by atomic mass is 19.1. The largest absolute Gasteiger partial charge is 0.335 e. The quantitative estimate of drug-likeness (QED) is 0.264. The molecular weight excluding hydrogens is 502 g/mol. The molecule has 1 aromatic carbocycles. The Kier molecular flexibility index (Phi) is 5.63. The fourth-order valence-corrected chi connectivity index (χ4v) is 4.19. The van der Waals surface area contributed by atoms with Crippen molar-refractivity contribution in [2.45, 2.75) is 20.8 Å². The van der Waals surface area contributed by atoms with Crippen LogP contribution in [0.3, 0.4) is 0 Å². The molecule has 5 heterocycles. The molecule has 194 valence electrons. The number of H-pyrrole nitrogens is 2. The minimum absolute atomic E-state index is 0.0503. The van der Waals surface area contributed by atoms with E-state index in [1.165, 1.54) is 30.7 Å². The number of hydrogen-bond donors (Lipinski definition) is 3. The van der Waals surface area contributed by atoms with Crippen molar-refractivity contribution < 1.29 is 13.6 Å².